The number of anilines is 1. The predicted octanol–water partition coefficient (Wildman–Crippen LogP) is 2.33. The summed E-state index contributed by atoms with van der Waals surface area (Å²) in [5.74, 6) is 0.0861. The fourth-order valence-corrected chi connectivity index (χ4v) is 4.24. The third-order valence-corrected chi connectivity index (χ3v) is 6.15. The summed E-state index contributed by atoms with van der Waals surface area (Å²) in [5.41, 5.74) is 0.746. The number of benzene rings is 1. The molecule has 0 unspecified atom stereocenters. The van der Waals surface area contributed by atoms with E-state index in [1.54, 1.807) is 35.4 Å². The van der Waals surface area contributed by atoms with Gasteiger partial charge in [0.2, 0.25) is 15.9 Å². The number of nitrogens with one attached hydrogen (secondary N) is 1. The van der Waals surface area contributed by atoms with Gasteiger partial charge in [-0.25, -0.2) is 13.1 Å². The van der Waals surface area contributed by atoms with Crippen LogP contribution in [0.25, 0.3) is 0 Å². The second-order valence-electron chi connectivity index (χ2n) is 6.38. The first-order valence-electron chi connectivity index (χ1n) is 8.90. The first-order chi connectivity index (χ1) is 12.5. The number of hydrogen-bond acceptors (Lipinski definition) is 4. The van der Waals surface area contributed by atoms with Crippen molar-refractivity contribution < 1.29 is 13.2 Å². The summed E-state index contributed by atoms with van der Waals surface area (Å²) in [4.78, 5) is 13.7. The van der Waals surface area contributed by atoms with Crippen LogP contribution in [-0.4, -0.2) is 37.2 Å². The zero-order valence-corrected chi connectivity index (χ0v) is 15.7. The average Bonchev–Trinajstić information content (AvgIpc) is 3.30. The molecule has 1 aromatic heterocycles. The number of amides is 1. The van der Waals surface area contributed by atoms with E-state index in [9.17, 15) is 13.2 Å². The van der Waals surface area contributed by atoms with Gasteiger partial charge in [-0.2, -0.15) is 5.10 Å². The second kappa shape index (κ2) is 8.01. The SMILES string of the molecule is CC[C@@H](CCNS(=O)(=O)c1ccc(N2CCCC2=O)cc1)n1cccn1. The molecular weight excluding hydrogens is 352 g/mol. The Morgan fingerprint density at radius 2 is 2.04 bits per heavy atom. The van der Waals surface area contributed by atoms with Crippen LogP contribution in [0.5, 0.6) is 0 Å². The van der Waals surface area contributed by atoms with Gasteiger partial charge in [0.1, 0.15) is 0 Å². The van der Waals surface area contributed by atoms with Crippen LogP contribution in [-0.2, 0) is 14.8 Å². The van der Waals surface area contributed by atoms with Crippen LogP contribution >= 0.6 is 0 Å². The summed E-state index contributed by atoms with van der Waals surface area (Å²) in [6.07, 6.45) is 6.55. The average molecular weight is 376 g/mol. The topological polar surface area (TPSA) is 84.3 Å². The van der Waals surface area contributed by atoms with Crippen molar-refractivity contribution in [2.45, 2.75) is 43.5 Å². The summed E-state index contributed by atoms with van der Waals surface area (Å²) in [6, 6.07) is 8.50. The number of carbonyl (C=O) groups is 1. The molecule has 140 valence electrons. The van der Waals surface area contributed by atoms with Gasteiger partial charge in [0.15, 0.2) is 0 Å². The minimum absolute atomic E-state index is 0.0861. The van der Waals surface area contributed by atoms with E-state index in [4.69, 9.17) is 0 Å². The Morgan fingerprint density at radius 3 is 2.62 bits per heavy atom. The molecule has 0 aliphatic carbocycles. The molecule has 1 fully saturated rings. The number of hydrogen-bond donors (Lipinski definition) is 1. The Morgan fingerprint density at radius 1 is 1.27 bits per heavy atom. The first-order valence-corrected chi connectivity index (χ1v) is 10.4. The van der Waals surface area contributed by atoms with E-state index < -0.39 is 10.0 Å². The molecule has 1 saturated heterocycles. The van der Waals surface area contributed by atoms with Crippen LogP contribution < -0.4 is 9.62 Å². The molecular formula is C18H24N4O3S. The van der Waals surface area contributed by atoms with Gasteiger partial charge in [0.25, 0.3) is 0 Å². The molecule has 1 aliphatic rings. The van der Waals surface area contributed by atoms with Crippen molar-refractivity contribution in [3.05, 3.63) is 42.7 Å². The lowest BCUT2D eigenvalue weighted by Gasteiger charge is -2.17. The number of nitrogens with zero attached hydrogens (tertiary/aromatic N) is 3. The lowest BCUT2D eigenvalue weighted by molar-refractivity contribution is -0.117. The van der Waals surface area contributed by atoms with Gasteiger partial charge in [-0.3, -0.25) is 9.48 Å². The van der Waals surface area contributed by atoms with Crippen molar-refractivity contribution in [2.24, 2.45) is 0 Å². The molecule has 3 rings (SSSR count). The fraction of sp³-hybridized carbons (Fsp3) is 0.444. The van der Waals surface area contributed by atoms with Crippen LogP contribution in [0.2, 0.25) is 0 Å². The summed E-state index contributed by atoms with van der Waals surface area (Å²) in [7, 11) is -3.57. The molecule has 2 aromatic rings. The summed E-state index contributed by atoms with van der Waals surface area (Å²) in [6.45, 7) is 3.08. The van der Waals surface area contributed by atoms with Crippen molar-refractivity contribution in [1.82, 2.24) is 14.5 Å². The Balaban J connectivity index is 1.60. The molecule has 2 heterocycles. The van der Waals surface area contributed by atoms with Crippen LogP contribution in [0.1, 0.15) is 38.6 Å². The lowest BCUT2D eigenvalue weighted by atomic mass is 10.1. The van der Waals surface area contributed by atoms with Gasteiger partial charge >= 0.3 is 0 Å². The van der Waals surface area contributed by atoms with E-state index in [1.807, 2.05) is 16.9 Å². The molecule has 1 atom stereocenters. The standard InChI is InChI=1S/C18H24N4O3S/c1-2-15(22-14-4-11-19-22)10-12-20-26(24,25)17-8-6-16(7-9-17)21-13-3-5-18(21)23/h4,6-9,11,14-15,20H,2-3,5,10,12-13H2,1H3/t15-/m0/s1. The highest BCUT2D eigenvalue weighted by Crippen LogP contribution is 2.23. The van der Waals surface area contributed by atoms with Crippen molar-refractivity contribution in [3.8, 4) is 0 Å². The zero-order valence-electron chi connectivity index (χ0n) is 14.8. The van der Waals surface area contributed by atoms with E-state index in [2.05, 4.69) is 16.7 Å². The minimum atomic E-state index is -3.57. The third kappa shape index (κ3) is 4.13. The molecule has 0 radical (unpaired) electrons. The Kier molecular flexibility index (Phi) is 5.73. The van der Waals surface area contributed by atoms with Gasteiger partial charge < -0.3 is 4.90 Å². The maximum absolute atomic E-state index is 12.5. The van der Waals surface area contributed by atoms with E-state index in [1.165, 1.54) is 0 Å². The lowest BCUT2D eigenvalue weighted by Crippen LogP contribution is -2.27. The highest BCUT2D eigenvalue weighted by molar-refractivity contribution is 7.89. The maximum atomic E-state index is 12.5. The van der Waals surface area contributed by atoms with Crippen LogP contribution in [0.4, 0.5) is 5.69 Å². The summed E-state index contributed by atoms with van der Waals surface area (Å²) >= 11 is 0. The second-order valence-corrected chi connectivity index (χ2v) is 8.14. The molecule has 1 aliphatic heterocycles. The third-order valence-electron chi connectivity index (χ3n) is 4.67. The zero-order chi connectivity index (χ0) is 18.6. The highest BCUT2D eigenvalue weighted by atomic mass is 32.2. The quantitative estimate of drug-likeness (QED) is 0.766. The van der Waals surface area contributed by atoms with E-state index in [0.717, 1.165) is 18.5 Å². The Labute approximate surface area is 154 Å². The van der Waals surface area contributed by atoms with Crippen molar-refractivity contribution in [1.29, 1.82) is 0 Å². The minimum Gasteiger partial charge on any atom is -0.312 e. The van der Waals surface area contributed by atoms with Gasteiger partial charge in [0.05, 0.1) is 10.9 Å². The molecule has 0 spiro atoms. The normalized spacial score (nSPS) is 16.2. The van der Waals surface area contributed by atoms with Gasteiger partial charge in [-0.05, 0) is 49.6 Å². The predicted molar refractivity (Wildman–Crippen MR) is 99.4 cm³/mol. The van der Waals surface area contributed by atoms with Gasteiger partial charge in [0, 0.05) is 37.6 Å². The molecule has 1 N–H and O–H groups in total. The van der Waals surface area contributed by atoms with Crippen molar-refractivity contribution >= 4 is 21.6 Å². The Bertz CT molecular complexity index is 832. The molecule has 0 bridgehead atoms. The number of sulfonamides is 1. The van der Waals surface area contributed by atoms with Crippen LogP contribution in [0.15, 0.2) is 47.6 Å². The smallest absolute Gasteiger partial charge is 0.240 e. The highest BCUT2D eigenvalue weighted by Gasteiger charge is 2.22. The van der Waals surface area contributed by atoms with E-state index in [-0.39, 0.29) is 16.8 Å². The van der Waals surface area contributed by atoms with Gasteiger partial charge in [-0.1, -0.05) is 6.92 Å². The molecule has 1 aromatic carbocycles. The van der Waals surface area contributed by atoms with Crippen LogP contribution in [0.3, 0.4) is 0 Å². The maximum Gasteiger partial charge on any atom is 0.240 e. The molecule has 7 nitrogen and oxygen atoms in total. The number of rotatable bonds is 8. The van der Waals surface area contributed by atoms with Crippen molar-refractivity contribution in [2.75, 3.05) is 18.0 Å². The van der Waals surface area contributed by atoms with E-state index >= 15 is 0 Å². The largest absolute Gasteiger partial charge is 0.312 e. The van der Waals surface area contributed by atoms with Crippen molar-refractivity contribution in [3.63, 3.8) is 0 Å². The summed E-state index contributed by atoms with van der Waals surface area (Å²) < 4.78 is 29.5. The number of aromatic nitrogens is 2. The number of carbonyl (C=O) groups excluding carboxylic acids is 1. The first kappa shape index (κ1) is 18.6. The fourth-order valence-electron chi connectivity index (χ4n) is 3.19. The molecule has 1 amide bonds. The van der Waals surface area contributed by atoms with Crippen LogP contribution in [0, 0.1) is 0 Å². The molecule has 0 saturated carbocycles. The molecule has 26 heavy (non-hydrogen) atoms. The molecule has 8 heteroatoms. The summed E-state index contributed by atoms with van der Waals surface area (Å²) in [5, 5.41) is 4.22. The Hall–Kier alpha value is -2.19. The van der Waals surface area contributed by atoms with E-state index in [0.29, 0.717) is 25.9 Å². The monoisotopic (exact) mass is 376 g/mol. The van der Waals surface area contributed by atoms with Gasteiger partial charge in [-0.15, -0.1) is 0 Å².